The van der Waals surface area contributed by atoms with Gasteiger partial charge in [0.1, 0.15) is 19.4 Å². The van der Waals surface area contributed by atoms with Gasteiger partial charge in [-0.3, -0.25) is 9.80 Å². The Balaban J connectivity index is 1.06. The molecule has 326 valence electrons. The van der Waals surface area contributed by atoms with Crippen molar-refractivity contribution in [2.24, 2.45) is 0 Å². The highest BCUT2D eigenvalue weighted by Gasteiger charge is 2.64. The Bertz CT molecular complexity index is 2300. The van der Waals surface area contributed by atoms with E-state index in [1.807, 2.05) is 151 Å². The van der Waals surface area contributed by atoms with Gasteiger partial charge < -0.3 is 23.4 Å². The van der Waals surface area contributed by atoms with E-state index in [0.29, 0.717) is 22.8 Å². The second-order valence-corrected chi connectivity index (χ2v) is 18.6. The minimum Gasteiger partial charge on any atom is -0.445 e. The van der Waals surface area contributed by atoms with E-state index in [9.17, 15) is 9.59 Å². The number of carbonyl (C=O) groups excluding carboxylic acids is 4. The van der Waals surface area contributed by atoms with E-state index in [2.05, 4.69) is 0 Å². The molecule has 14 nitrogen and oxygen atoms in total. The smallest absolute Gasteiger partial charge is 0.426 e. The van der Waals surface area contributed by atoms with Gasteiger partial charge in [0.15, 0.2) is 34.9 Å². The molecule has 1 aromatic heterocycles. The number of fused-ring (bicyclic) bond motifs is 4. The van der Waals surface area contributed by atoms with Gasteiger partial charge in [0.2, 0.25) is 0 Å². The number of aromatic nitrogens is 1. The van der Waals surface area contributed by atoms with Crippen molar-refractivity contribution in [3.63, 3.8) is 0 Å². The summed E-state index contributed by atoms with van der Waals surface area (Å²) in [4.78, 5) is 66.7. The van der Waals surface area contributed by atoms with Gasteiger partial charge in [-0.15, -0.1) is 8.97 Å². The lowest BCUT2D eigenvalue weighted by Crippen LogP contribution is -2.57. The van der Waals surface area contributed by atoms with Crippen LogP contribution in [-0.4, -0.2) is 87.4 Å². The number of benzene rings is 2. The van der Waals surface area contributed by atoms with Gasteiger partial charge in [-0.1, -0.05) is 60.7 Å². The number of quaternary nitrogens is 2. The third-order valence-corrected chi connectivity index (χ3v) is 12.0. The van der Waals surface area contributed by atoms with Crippen LogP contribution in [0.1, 0.15) is 65.5 Å². The molecule has 3 aromatic rings. The summed E-state index contributed by atoms with van der Waals surface area (Å²) in [6.45, 7) is 12.0. The van der Waals surface area contributed by atoms with E-state index in [1.165, 1.54) is 16.0 Å². The zero-order chi connectivity index (χ0) is 44.3. The molecule has 7 heterocycles. The maximum Gasteiger partial charge on any atom is 0.426 e. The molecule has 2 aromatic carbocycles. The van der Waals surface area contributed by atoms with Crippen LogP contribution < -0.4 is 8.97 Å². The molecule has 14 heteroatoms. The lowest BCUT2D eigenvalue weighted by atomic mass is 10.1. The number of likely N-dealkylation sites (tertiary alicyclic amines) is 2. The van der Waals surface area contributed by atoms with Crippen molar-refractivity contribution in [2.75, 3.05) is 13.1 Å². The summed E-state index contributed by atoms with van der Waals surface area (Å²) >= 11 is 0. The van der Waals surface area contributed by atoms with Crippen LogP contribution in [0.5, 0.6) is 0 Å². The molecule has 2 fully saturated rings. The van der Waals surface area contributed by atoms with Crippen LogP contribution >= 0.6 is 0 Å². The summed E-state index contributed by atoms with van der Waals surface area (Å²) in [6, 6.07) is 16.8. The normalized spacial score (nSPS) is 23.8. The van der Waals surface area contributed by atoms with Crippen molar-refractivity contribution >= 4 is 35.9 Å². The zero-order valence-corrected chi connectivity index (χ0v) is 36.4. The van der Waals surface area contributed by atoms with E-state index < -0.39 is 56.6 Å². The van der Waals surface area contributed by atoms with Crippen LogP contribution in [0.3, 0.4) is 0 Å². The van der Waals surface area contributed by atoms with Crippen molar-refractivity contribution in [1.82, 2.24) is 23.7 Å². The average Bonchev–Trinajstić information content (AvgIpc) is 4.14. The summed E-state index contributed by atoms with van der Waals surface area (Å²) in [5, 5.41) is 0. The van der Waals surface area contributed by atoms with Crippen molar-refractivity contribution in [3.8, 4) is 0 Å². The lowest BCUT2D eigenvalue weighted by molar-refractivity contribution is -0.131. The summed E-state index contributed by atoms with van der Waals surface area (Å²) < 4.78 is 30.2. The monoisotopic (exact) mass is 855 g/mol. The van der Waals surface area contributed by atoms with Crippen LogP contribution in [0, 0.1) is 0 Å². The first-order valence-corrected chi connectivity index (χ1v) is 21.4. The van der Waals surface area contributed by atoms with Crippen LogP contribution in [0.15, 0.2) is 143 Å². The topological polar surface area (TPSA) is 138 Å². The van der Waals surface area contributed by atoms with E-state index in [4.69, 9.17) is 28.3 Å². The van der Waals surface area contributed by atoms with Crippen LogP contribution in [0.4, 0.5) is 21.5 Å². The molecule has 4 bridgehead atoms. The molecular weight excluding hydrogens is 803 g/mol. The Morgan fingerprint density at radius 2 is 1.02 bits per heavy atom. The maximum absolute atomic E-state index is 15.5. The first-order valence-electron chi connectivity index (χ1n) is 21.4. The first-order chi connectivity index (χ1) is 30.1. The third-order valence-electron chi connectivity index (χ3n) is 12.0. The van der Waals surface area contributed by atoms with Gasteiger partial charge in [-0.05, 0) is 52.7 Å². The summed E-state index contributed by atoms with van der Waals surface area (Å²) in [6.07, 6.45) is 14.4. The fourth-order valence-electron chi connectivity index (χ4n) is 9.54. The number of hydrogen-bond acceptors (Lipinski definition) is 10. The molecular formula is C49H53N5O9+2. The molecule has 2 saturated heterocycles. The molecule has 0 unspecified atom stereocenters. The predicted octanol–water partition coefficient (Wildman–Crippen LogP) is 8.23. The van der Waals surface area contributed by atoms with Crippen LogP contribution in [-0.2, 0) is 41.8 Å². The van der Waals surface area contributed by atoms with Gasteiger partial charge in [0, 0.05) is 61.4 Å². The highest BCUT2D eigenvalue weighted by Crippen LogP contribution is 2.51. The van der Waals surface area contributed by atoms with Gasteiger partial charge in [-0.25, -0.2) is 19.2 Å². The number of ether oxygens (including phenoxy) is 4. The number of amides is 4. The molecule has 9 rings (SSSR count). The standard InChI is InChI=1S/C49H53N5O9/c1-48(2,3)62-38-25-40(51(28-38)46(57)59-30-32-13-9-7-10-14-32)43(55)53(34-17-18-35(53)20-19-34)42-27-50-45(61-42)54(36-21-22-37(54)24-23-36)44(56)41-26-39(63-49(4,5)6)29-52(41)47(58)60-31-33-15-11-8-12-16-33/h7-24,27,38-41H,25-26,28-31H2,1-6H3/q+2/t38-,39-,40+,41+/m1/s1. The van der Waals surface area contributed by atoms with Crippen molar-refractivity contribution < 1.29 is 42.5 Å². The molecule has 0 N–H and O–H groups in total. The van der Waals surface area contributed by atoms with E-state index >= 15 is 9.59 Å². The Kier molecular flexibility index (Phi) is 10.6. The van der Waals surface area contributed by atoms with Crippen molar-refractivity contribution in [1.29, 1.82) is 0 Å². The zero-order valence-electron chi connectivity index (χ0n) is 36.4. The second kappa shape index (κ2) is 15.9. The summed E-state index contributed by atoms with van der Waals surface area (Å²) in [5.41, 5.74) is 2.88. The predicted molar refractivity (Wildman–Crippen MR) is 233 cm³/mol. The van der Waals surface area contributed by atoms with Crippen molar-refractivity contribution in [3.05, 3.63) is 149 Å². The summed E-state index contributed by atoms with van der Waals surface area (Å²) in [5.74, 6) is -0.604. The molecule has 0 aliphatic carbocycles. The first kappa shape index (κ1) is 42.1. The van der Waals surface area contributed by atoms with Gasteiger partial charge in [0.25, 0.3) is 0 Å². The molecule has 0 spiro atoms. The molecule has 6 aliphatic rings. The Morgan fingerprint density at radius 1 is 0.619 bits per heavy atom. The quantitative estimate of drug-likeness (QED) is 0.183. The molecule has 6 aliphatic heterocycles. The highest BCUT2D eigenvalue weighted by atomic mass is 16.6. The minimum absolute atomic E-state index is 0.00471. The Hall–Kier alpha value is -6.19. The minimum atomic E-state index is -0.991. The lowest BCUT2D eigenvalue weighted by Gasteiger charge is -2.32. The van der Waals surface area contributed by atoms with E-state index in [1.54, 1.807) is 0 Å². The Morgan fingerprint density at radius 3 is 1.41 bits per heavy atom. The van der Waals surface area contributed by atoms with Crippen LogP contribution in [0.2, 0.25) is 0 Å². The number of allylic oxidation sites excluding steroid dienone is 8. The SMILES string of the molecule is CC(C)(C)O[C@@H]1C[C@@H](C(=O)[N+]2(c3cnc([N+]4(C(=O)[C@@H]5C[C@@H](OC(C)(C)C)CN5C(=O)OCc5ccccc5)C5=CC=C4C=C5)o3)C3=CC=C2C=C3)N(C(=O)OCc2ccccc2)C1. The van der Waals surface area contributed by atoms with Gasteiger partial charge in [0.05, 0.1) is 36.5 Å². The number of hydrogen-bond donors (Lipinski definition) is 0. The average molecular weight is 856 g/mol. The largest absolute Gasteiger partial charge is 0.445 e. The third kappa shape index (κ3) is 7.50. The Labute approximate surface area is 366 Å². The fraction of sp³-hybridized carbons (Fsp3) is 0.367. The van der Waals surface area contributed by atoms with E-state index in [-0.39, 0.29) is 62.9 Å². The molecule has 4 amide bonds. The molecule has 0 saturated carbocycles. The van der Waals surface area contributed by atoms with Gasteiger partial charge in [-0.2, -0.15) is 4.98 Å². The number of carbonyl (C=O) groups is 4. The fourth-order valence-corrected chi connectivity index (χ4v) is 9.54. The molecule has 63 heavy (non-hydrogen) atoms. The number of nitrogens with zero attached hydrogens (tertiary/aromatic N) is 5. The van der Waals surface area contributed by atoms with E-state index in [0.717, 1.165) is 11.1 Å². The number of oxazole rings is 1. The molecule has 4 atom stereocenters. The van der Waals surface area contributed by atoms with Crippen LogP contribution in [0.25, 0.3) is 0 Å². The van der Waals surface area contributed by atoms with Gasteiger partial charge >= 0.3 is 35.9 Å². The molecule has 0 radical (unpaired) electrons. The number of rotatable bonds is 10. The second-order valence-electron chi connectivity index (χ2n) is 18.6. The van der Waals surface area contributed by atoms with Crippen molar-refractivity contribution in [2.45, 2.75) is 103 Å². The maximum atomic E-state index is 15.5. The summed E-state index contributed by atoms with van der Waals surface area (Å²) in [7, 11) is 0. The highest BCUT2D eigenvalue weighted by molar-refractivity contribution is 6.03.